The Hall–Kier alpha value is -4.83. The van der Waals surface area contributed by atoms with Gasteiger partial charge in [-0.2, -0.15) is 0 Å². The summed E-state index contributed by atoms with van der Waals surface area (Å²) in [5, 5.41) is 11.1. The number of anilines is 1. The lowest BCUT2D eigenvalue weighted by Gasteiger charge is -2.34. The molecule has 2 aliphatic carbocycles. The number of allylic oxidation sites excluding steroid dienone is 1. The van der Waals surface area contributed by atoms with E-state index in [4.69, 9.17) is 40.3 Å². The van der Waals surface area contributed by atoms with Gasteiger partial charge in [0, 0.05) is 40.8 Å². The number of fused-ring (bicyclic) bond motifs is 3. The summed E-state index contributed by atoms with van der Waals surface area (Å²) in [5.74, 6) is -3.01. The molecule has 0 radical (unpaired) electrons. The van der Waals surface area contributed by atoms with E-state index < -0.39 is 78.0 Å². The Morgan fingerprint density at radius 1 is 1.04 bits per heavy atom. The van der Waals surface area contributed by atoms with Gasteiger partial charge in [-0.25, -0.2) is 23.5 Å². The topological polar surface area (TPSA) is 170 Å². The predicted molar refractivity (Wildman–Crippen MR) is 258 cm³/mol. The van der Waals surface area contributed by atoms with E-state index in [1.807, 2.05) is 38.3 Å². The molecular weight excluding hydrogens is 937 g/mol. The van der Waals surface area contributed by atoms with Gasteiger partial charge in [-0.15, -0.1) is 11.3 Å². The van der Waals surface area contributed by atoms with E-state index in [1.54, 1.807) is 25.1 Å². The largest absolute Gasteiger partial charge is 0.495 e. The Labute approximate surface area is 404 Å². The lowest BCUT2D eigenvalue weighted by molar-refractivity contribution is -0.141. The molecule has 3 N–H and O–H groups in total. The summed E-state index contributed by atoms with van der Waals surface area (Å²) in [6.07, 6.45) is 7.73. The standard InChI is InChI=1S/C49H60ClF2N6O8PS/c1-6-64-67(62,26-34-35(51)18-13-19-36(34)52)49-24-30(49)15-10-8-7-9-14-29(4)43(56-48(61)66-31-16-11-12-17-31)46(60)58-25-32(22-39(58)45(59)57-49)65-41-23-37(38-27-68-47(55-38)53-28(2)3)54-44-33(41)20-21-40(63-5)42(44)50/h10,13,15,18-21,23,27-32,39,43H,6-9,11-12,14,16-17,22,24-26H2,1-5H3,(H,53,55)(H,56,61)(H,57,59)/b15-10-/t29-,30+,32-,39+,43+,49+,67?/m1/s1. The van der Waals surface area contributed by atoms with Gasteiger partial charge >= 0.3 is 6.09 Å². The van der Waals surface area contributed by atoms with Crippen LogP contribution in [-0.4, -0.2) is 88.7 Å². The summed E-state index contributed by atoms with van der Waals surface area (Å²) in [5.41, 5.74) is 1.02. The van der Waals surface area contributed by atoms with Crippen LogP contribution in [-0.2, 0) is 29.6 Å². The molecule has 8 rings (SSSR count). The number of rotatable bonds is 13. The molecule has 68 heavy (non-hydrogen) atoms. The molecule has 4 heterocycles. The van der Waals surface area contributed by atoms with Crippen LogP contribution in [0.5, 0.6) is 11.5 Å². The maximum Gasteiger partial charge on any atom is 0.408 e. The second kappa shape index (κ2) is 21.0. The Balaban J connectivity index is 1.18. The fourth-order valence-electron chi connectivity index (χ4n) is 9.78. The van der Waals surface area contributed by atoms with Crippen molar-refractivity contribution < 1.29 is 46.5 Å². The molecule has 7 atom stereocenters. The summed E-state index contributed by atoms with van der Waals surface area (Å²) in [7, 11) is -2.64. The predicted octanol–water partition coefficient (Wildman–Crippen LogP) is 10.6. The van der Waals surface area contributed by atoms with Crippen LogP contribution in [0.15, 0.2) is 53.9 Å². The molecule has 1 unspecified atom stereocenters. The second-order valence-corrected chi connectivity index (χ2v) is 22.6. The minimum absolute atomic E-state index is 0.0230. The number of hydrogen-bond acceptors (Lipinski definition) is 12. The Morgan fingerprint density at radius 2 is 1.79 bits per heavy atom. The van der Waals surface area contributed by atoms with E-state index in [2.05, 4.69) is 16.0 Å². The van der Waals surface area contributed by atoms with Gasteiger partial charge in [-0.3, -0.25) is 14.2 Å². The SMILES string of the molecule is CCOP(=O)(Cc1c(F)cccc1F)[C@@]12C[C@@H]1/C=C\CCCC[C@@H](C)[C@H](NC(=O)OC1CCCC1)C(=O)N1C[C@H](Oc3cc(-c4csc(NC(C)C)n4)nc4c(Cl)c(OC)ccc34)C[C@H]1C(=O)N2. The third-order valence-corrected chi connectivity index (χ3v) is 17.8. The van der Waals surface area contributed by atoms with E-state index in [0.29, 0.717) is 51.8 Å². The van der Waals surface area contributed by atoms with E-state index in [1.165, 1.54) is 29.4 Å². The highest BCUT2D eigenvalue weighted by atomic mass is 35.5. The first kappa shape index (κ1) is 49.6. The number of aromatic nitrogens is 2. The number of benzene rings is 2. The minimum Gasteiger partial charge on any atom is -0.495 e. The van der Waals surface area contributed by atoms with Crippen molar-refractivity contribution in [2.45, 2.75) is 134 Å². The number of ether oxygens (including phenoxy) is 3. The molecule has 4 aliphatic rings. The first-order valence-electron chi connectivity index (χ1n) is 23.6. The number of alkyl carbamates (subject to hydrolysis) is 1. The zero-order valence-corrected chi connectivity index (χ0v) is 41.5. The van der Waals surface area contributed by atoms with Gasteiger partial charge in [0.25, 0.3) is 0 Å². The first-order valence-corrected chi connectivity index (χ1v) is 26.7. The smallest absolute Gasteiger partial charge is 0.408 e. The summed E-state index contributed by atoms with van der Waals surface area (Å²) >= 11 is 8.33. The highest BCUT2D eigenvalue weighted by Crippen LogP contribution is 2.74. The van der Waals surface area contributed by atoms with Crippen LogP contribution in [0.25, 0.3) is 22.3 Å². The number of nitrogens with zero attached hydrogens (tertiary/aromatic N) is 3. The average Bonchev–Trinajstić information content (AvgIpc) is 3.72. The molecular formula is C49H60ClF2N6O8PS. The number of carbonyl (C=O) groups is 3. The van der Waals surface area contributed by atoms with Crippen molar-refractivity contribution >= 4 is 64.2 Å². The molecule has 1 saturated heterocycles. The summed E-state index contributed by atoms with van der Waals surface area (Å²) in [6, 6.07) is 6.51. The maximum absolute atomic E-state index is 15.4. The molecule has 14 nitrogen and oxygen atoms in total. The van der Waals surface area contributed by atoms with Crippen LogP contribution >= 0.6 is 30.3 Å². The van der Waals surface area contributed by atoms with Crippen molar-refractivity contribution in [2.24, 2.45) is 11.8 Å². The fraction of sp³-hybridized carbons (Fsp3) is 0.531. The van der Waals surface area contributed by atoms with E-state index in [9.17, 15) is 4.79 Å². The molecule has 366 valence electrons. The van der Waals surface area contributed by atoms with E-state index in [-0.39, 0.29) is 49.1 Å². The number of amides is 3. The summed E-state index contributed by atoms with van der Waals surface area (Å²) < 4.78 is 70.2. The maximum atomic E-state index is 15.4. The molecule has 2 aromatic heterocycles. The molecule has 3 fully saturated rings. The number of nitrogens with one attached hydrogen (secondary N) is 3. The quantitative estimate of drug-likeness (QED) is 0.0860. The first-order chi connectivity index (χ1) is 32.6. The van der Waals surface area contributed by atoms with Crippen LogP contribution in [0.4, 0.5) is 18.7 Å². The normalized spacial score (nSPS) is 26.0. The van der Waals surface area contributed by atoms with Gasteiger partial charge < -0.3 is 39.6 Å². The van der Waals surface area contributed by atoms with E-state index in [0.717, 1.165) is 50.7 Å². The van der Waals surface area contributed by atoms with Crippen molar-refractivity contribution in [3.8, 4) is 22.9 Å². The Kier molecular flexibility index (Phi) is 15.3. The van der Waals surface area contributed by atoms with Gasteiger partial charge in [-0.1, -0.05) is 43.2 Å². The third kappa shape index (κ3) is 10.5. The van der Waals surface area contributed by atoms with Crippen molar-refractivity contribution in [3.63, 3.8) is 0 Å². The molecule has 19 heteroatoms. The van der Waals surface area contributed by atoms with Gasteiger partial charge in [0.2, 0.25) is 19.2 Å². The highest BCUT2D eigenvalue weighted by Gasteiger charge is 2.67. The van der Waals surface area contributed by atoms with Crippen molar-refractivity contribution in [1.82, 2.24) is 25.5 Å². The Bertz CT molecular complexity index is 2580. The monoisotopic (exact) mass is 996 g/mol. The number of pyridine rings is 1. The molecule has 2 aromatic carbocycles. The number of carbonyl (C=O) groups excluding carboxylic acids is 3. The Morgan fingerprint density at radius 3 is 2.51 bits per heavy atom. The highest BCUT2D eigenvalue weighted by molar-refractivity contribution is 7.60. The zero-order chi connectivity index (χ0) is 48.3. The van der Waals surface area contributed by atoms with Gasteiger partial charge in [0.15, 0.2) is 5.13 Å². The minimum atomic E-state index is -4.15. The van der Waals surface area contributed by atoms with Crippen LogP contribution in [0.1, 0.15) is 97.5 Å². The van der Waals surface area contributed by atoms with Gasteiger partial charge in [0.05, 0.1) is 37.6 Å². The van der Waals surface area contributed by atoms with Crippen molar-refractivity contribution in [2.75, 3.05) is 25.6 Å². The third-order valence-electron chi connectivity index (χ3n) is 13.4. The molecule has 4 aromatic rings. The summed E-state index contributed by atoms with van der Waals surface area (Å²) in [4.78, 5) is 55.0. The van der Waals surface area contributed by atoms with Crippen molar-refractivity contribution in [1.29, 1.82) is 0 Å². The fourth-order valence-corrected chi connectivity index (χ4v) is 14.0. The number of methoxy groups -OCH3 is 1. The average molecular weight is 998 g/mol. The molecule has 2 saturated carbocycles. The second-order valence-electron chi connectivity index (χ2n) is 18.6. The molecule has 0 bridgehead atoms. The van der Waals surface area contributed by atoms with Crippen LogP contribution < -0.4 is 25.4 Å². The van der Waals surface area contributed by atoms with Crippen LogP contribution in [0.2, 0.25) is 5.02 Å². The van der Waals surface area contributed by atoms with Crippen LogP contribution in [0, 0.1) is 23.5 Å². The van der Waals surface area contributed by atoms with Gasteiger partial charge in [0.1, 0.15) is 63.4 Å². The number of halogens is 3. The zero-order valence-electron chi connectivity index (χ0n) is 39.0. The summed E-state index contributed by atoms with van der Waals surface area (Å²) in [6.45, 7) is 7.43. The number of hydrogen-bond donors (Lipinski definition) is 3. The molecule has 2 aliphatic heterocycles. The van der Waals surface area contributed by atoms with Gasteiger partial charge in [-0.05, 0) is 102 Å². The molecule has 0 spiro atoms. The lowest BCUT2D eigenvalue weighted by Crippen LogP contribution is -2.57. The van der Waals surface area contributed by atoms with E-state index >= 15 is 22.9 Å². The van der Waals surface area contributed by atoms with Crippen LogP contribution in [0.3, 0.4) is 0 Å². The molecule has 3 amide bonds. The number of thiazole rings is 1. The van der Waals surface area contributed by atoms with Crippen molar-refractivity contribution in [3.05, 3.63) is 76.2 Å². The lowest BCUT2D eigenvalue weighted by atomic mass is 9.94.